The molecule has 2 N–H and O–H groups in total. The predicted molar refractivity (Wildman–Crippen MR) is 78.3 cm³/mol. The van der Waals surface area contributed by atoms with Gasteiger partial charge in [-0.1, -0.05) is 0 Å². The molecule has 0 spiro atoms. The van der Waals surface area contributed by atoms with E-state index in [-0.39, 0.29) is 12.6 Å². The van der Waals surface area contributed by atoms with Gasteiger partial charge in [0.25, 0.3) is 0 Å². The van der Waals surface area contributed by atoms with Crippen LogP contribution in [0.3, 0.4) is 0 Å². The van der Waals surface area contributed by atoms with Gasteiger partial charge in [-0.2, -0.15) is 0 Å². The van der Waals surface area contributed by atoms with Gasteiger partial charge in [0.1, 0.15) is 0 Å². The van der Waals surface area contributed by atoms with E-state index in [0.717, 1.165) is 45.4 Å². The van der Waals surface area contributed by atoms with Gasteiger partial charge in [-0.15, -0.1) is 0 Å². The van der Waals surface area contributed by atoms with Crippen molar-refractivity contribution in [2.75, 3.05) is 46.4 Å². The lowest BCUT2D eigenvalue weighted by Gasteiger charge is -2.36. The van der Waals surface area contributed by atoms with Crippen LogP contribution in [0.2, 0.25) is 0 Å². The number of nitrogens with zero attached hydrogens (tertiary/aromatic N) is 3. The van der Waals surface area contributed by atoms with Crippen molar-refractivity contribution in [3.63, 3.8) is 0 Å². The molecule has 2 fully saturated rings. The topological polar surface area (TPSA) is 76.1 Å². The van der Waals surface area contributed by atoms with E-state index in [1.54, 1.807) is 4.90 Å². The number of carbonyl (C=O) groups is 2. The Morgan fingerprint density at radius 1 is 1.14 bits per heavy atom. The molecule has 2 aliphatic rings. The van der Waals surface area contributed by atoms with Crippen LogP contribution in [0.25, 0.3) is 0 Å². The molecule has 0 aromatic heterocycles. The monoisotopic (exact) mass is 298 g/mol. The molecule has 0 aromatic carbocycles. The van der Waals surface area contributed by atoms with Crippen molar-refractivity contribution in [2.45, 2.75) is 31.7 Å². The summed E-state index contributed by atoms with van der Waals surface area (Å²) in [4.78, 5) is 28.3. The molecule has 0 radical (unpaired) electrons. The van der Waals surface area contributed by atoms with Crippen molar-refractivity contribution in [2.24, 2.45) is 0 Å². The average molecular weight is 298 g/mol. The molecule has 0 aromatic rings. The number of hydrazine groups is 1. The summed E-state index contributed by atoms with van der Waals surface area (Å²) in [6.07, 6.45) is 3.39. The molecule has 1 atom stereocenters. The van der Waals surface area contributed by atoms with Crippen LogP contribution in [0.5, 0.6) is 0 Å². The van der Waals surface area contributed by atoms with Crippen molar-refractivity contribution in [1.29, 1.82) is 0 Å². The largest absolute Gasteiger partial charge is 0.396 e. The van der Waals surface area contributed by atoms with Crippen LogP contribution in [0.4, 0.5) is 0 Å². The van der Waals surface area contributed by atoms with Crippen molar-refractivity contribution < 1.29 is 14.7 Å². The molecule has 7 nitrogen and oxygen atoms in total. The molecule has 2 heterocycles. The third kappa shape index (κ3) is 4.39. The molecule has 120 valence electrons. The van der Waals surface area contributed by atoms with E-state index < -0.39 is 11.8 Å². The second-order valence-corrected chi connectivity index (χ2v) is 5.89. The van der Waals surface area contributed by atoms with E-state index in [1.807, 2.05) is 12.1 Å². The van der Waals surface area contributed by atoms with Gasteiger partial charge in [0.2, 0.25) is 0 Å². The molecule has 7 heteroatoms. The Labute approximate surface area is 125 Å². The summed E-state index contributed by atoms with van der Waals surface area (Å²) in [7, 11) is 2.04. The van der Waals surface area contributed by atoms with Crippen LogP contribution >= 0.6 is 0 Å². The quantitative estimate of drug-likeness (QED) is 0.656. The Balaban J connectivity index is 1.87. The maximum absolute atomic E-state index is 12.3. The fourth-order valence-electron chi connectivity index (χ4n) is 2.96. The number of rotatable bonds is 3. The third-order valence-corrected chi connectivity index (χ3v) is 4.31. The Hall–Kier alpha value is -1.18. The molecular formula is C14H26N4O3. The summed E-state index contributed by atoms with van der Waals surface area (Å²) < 4.78 is 0. The molecule has 2 aliphatic heterocycles. The number of hydrogen-bond donors (Lipinski definition) is 2. The Morgan fingerprint density at radius 3 is 2.52 bits per heavy atom. The molecular weight excluding hydrogens is 272 g/mol. The van der Waals surface area contributed by atoms with Crippen molar-refractivity contribution in [1.82, 2.24) is 20.2 Å². The lowest BCUT2D eigenvalue weighted by Crippen LogP contribution is -2.57. The average Bonchev–Trinajstić information content (AvgIpc) is 2.50. The summed E-state index contributed by atoms with van der Waals surface area (Å²) in [6.45, 7) is 3.88. The number of carbonyl (C=O) groups excluding carboxylic acids is 2. The number of piperazine rings is 1. The number of amides is 2. The lowest BCUT2D eigenvalue weighted by atomic mass is 9.99. The number of aliphatic hydroxyl groups is 1. The summed E-state index contributed by atoms with van der Waals surface area (Å²) in [6, 6.07) is -0.00510. The van der Waals surface area contributed by atoms with E-state index in [4.69, 9.17) is 5.11 Å². The highest BCUT2D eigenvalue weighted by molar-refractivity contribution is 6.34. The van der Waals surface area contributed by atoms with Gasteiger partial charge in [-0.25, -0.2) is 5.01 Å². The minimum absolute atomic E-state index is 0.00510. The van der Waals surface area contributed by atoms with Crippen LogP contribution in [-0.4, -0.2) is 84.1 Å². The third-order valence-electron chi connectivity index (χ3n) is 4.31. The standard InChI is InChI=1S/C14H26N4O3/c1-16-7-9-17(10-8-16)15-13(20)14(21)18-6-3-2-4-12(18)5-11-19/h12,19H,2-11H2,1H3,(H,15,20). The molecule has 0 saturated carbocycles. The van der Waals surface area contributed by atoms with Gasteiger partial charge >= 0.3 is 11.8 Å². The number of hydrogen-bond acceptors (Lipinski definition) is 5. The highest BCUT2D eigenvalue weighted by Gasteiger charge is 2.31. The fraction of sp³-hybridized carbons (Fsp3) is 0.857. The Kier molecular flexibility index (Phi) is 5.96. The predicted octanol–water partition coefficient (Wildman–Crippen LogP) is -0.971. The van der Waals surface area contributed by atoms with E-state index in [9.17, 15) is 9.59 Å². The Bertz CT molecular complexity index is 367. The molecule has 2 rings (SSSR count). The van der Waals surface area contributed by atoms with E-state index in [2.05, 4.69) is 10.3 Å². The highest BCUT2D eigenvalue weighted by atomic mass is 16.3. The highest BCUT2D eigenvalue weighted by Crippen LogP contribution is 2.19. The first-order valence-electron chi connectivity index (χ1n) is 7.77. The van der Waals surface area contributed by atoms with E-state index >= 15 is 0 Å². The van der Waals surface area contributed by atoms with Crippen LogP contribution in [0.1, 0.15) is 25.7 Å². The molecule has 2 amide bonds. The van der Waals surface area contributed by atoms with Crippen LogP contribution in [-0.2, 0) is 9.59 Å². The first-order valence-corrected chi connectivity index (χ1v) is 7.77. The van der Waals surface area contributed by atoms with E-state index in [1.165, 1.54) is 0 Å². The lowest BCUT2D eigenvalue weighted by molar-refractivity contribution is -0.151. The smallest absolute Gasteiger partial charge is 0.323 e. The summed E-state index contributed by atoms with van der Waals surface area (Å²) in [5.41, 5.74) is 2.71. The zero-order valence-corrected chi connectivity index (χ0v) is 12.8. The van der Waals surface area contributed by atoms with Crippen LogP contribution in [0, 0.1) is 0 Å². The van der Waals surface area contributed by atoms with Gasteiger partial charge in [-0.05, 0) is 32.7 Å². The molecule has 2 saturated heterocycles. The maximum Gasteiger partial charge on any atom is 0.323 e. The van der Waals surface area contributed by atoms with Gasteiger partial charge in [0.15, 0.2) is 0 Å². The van der Waals surface area contributed by atoms with Crippen molar-refractivity contribution >= 4 is 11.8 Å². The number of nitrogens with one attached hydrogen (secondary N) is 1. The molecule has 0 bridgehead atoms. The summed E-state index contributed by atoms with van der Waals surface area (Å²) >= 11 is 0. The number of aliphatic hydroxyl groups excluding tert-OH is 1. The minimum atomic E-state index is -0.551. The van der Waals surface area contributed by atoms with Crippen molar-refractivity contribution in [3.8, 4) is 0 Å². The second kappa shape index (κ2) is 7.72. The minimum Gasteiger partial charge on any atom is -0.396 e. The normalized spacial score (nSPS) is 24.9. The maximum atomic E-state index is 12.3. The van der Waals surface area contributed by atoms with Gasteiger partial charge < -0.3 is 14.9 Å². The first kappa shape index (κ1) is 16.2. The first-order chi connectivity index (χ1) is 10.1. The molecule has 21 heavy (non-hydrogen) atoms. The summed E-state index contributed by atoms with van der Waals surface area (Å²) in [5, 5.41) is 10.9. The zero-order valence-electron chi connectivity index (χ0n) is 12.8. The molecule has 1 unspecified atom stereocenters. The Morgan fingerprint density at radius 2 is 1.86 bits per heavy atom. The van der Waals surface area contributed by atoms with Gasteiger partial charge in [0, 0.05) is 45.4 Å². The van der Waals surface area contributed by atoms with Gasteiger partial charge in [-0.3, -0.25) is 15.0 Å². The van der Waals surface area contributed by atoms with Crippen molar-refractivity contribution in [3.05, 3.63) is 0 Å². The van der Waals surface area contributed by atoms with Crippen LogP contribution < -0.4 is 5.43 Å². The number of likely N-dealkylation sites (tertiary alicyclic amines) is 1. The number of likely N-dealkylation sites (N-methyl/N-ethyl adjacent to an activating group) is 1. The SMILES string of the molecule is CN1CCN(NC(=O)C(=O)N2CCCCC2CCO)CC1. The van der Waals surface area contributed by atoms with E-state index in [0.29, 0.717) is 13.0 Å². The van der Waals surface area contributed by atoms with Gasteiger partial charge in [0.05, 0.1) is 0 Å². The fourth-order valence-corrected chi connectivity index (χ4v) is 2.96. The number of piperidine rings is 1. The van der Waals surface area contributed by atoms with Crippen LogP contribution in [0.15, 0.2) is 0 Å². The summed E-state index contributed by atoms with van der Waals surface area (Å²) in [5.74, 6) is -1.02. The second-order valence-electron chi connectivity index (χ2n) is 5.89. The molecule has 0 aliphatic carbocycles. The zero-order chi connectivity index (χ0) is 15.2.